The Bertz CT molecular complexity index is 2160. The van der Waals surface area contributed by atoms with Crippen LogP contribution in [-0.4, -0.2) is 71.2 Å². The maximum atomic E-state index is 14.2. The fourth-order valence-electron chi connectivity index (χ4n) is 6.45. The third-order valence-electron chi connectivity index (χ3n) is 9.20. The van der Waals surface area contributed by atoms with Crippen LogP contribution in [0, 0.1) is 0 Å². The average molecular weight is 746 g/mol. The molecule has 0 fully saturated rings. The molecule has 4 aromatic carbocycles. The number of fused-ring (bicyclic) bond motifs is 2. The smallest absolute Gasteiger partial charge is 0.243 e. The first-order chi connectivity index (χ1) is 26.5. The molecule has 1 aromatic heterocycles. The minimum atomic E-state index is -1.16. The molecule has 0 bridgehead atoms. The van der Waals surface area contributed by atoms with E-state index in [0.29, 0.717) is 6.42 Å². The molecule has 0 aliphatic carbocycles. The standard InChI is InChI=1S/C41H47N9O5/c1-25(51)47-35(22-27-17-18-28-12-5-6-13-29(28)20-27)39(54)50-36(21-26-10-3-2-4-11-26)40(55)48-33(16-9-19-45-41(43)44)38(53)49-34(37(42)52)23-30-24-46-32-15-8-7-14-31(30)32/h2-8,10-15,17-18,20,24,33-36,46H,9,16,19,21-23H2,1H3,(H2,42,52)(H,47,51)(H,48,55)(H,49,53)(H,50,54)(H4,43,44,45)/t33-,34-,35-,36+/m0/s1. The molecule has 1 heterocycles. The number of amides is 5. The maximum absolute atomic E-state index is 14.2. The number of nitrogens with two attached hydrogens (primary N) is 3. The van der Waals surface area contributed by atoms with Crippen molar-refractivity contribution in [3.05, 3.63) is 120 Å². The summed E-state index contributed by atoms with van der Waals surface area (Å²) < 4.78 is 0. The van der Waals surface area contributed by atoms with E-state index in [1.807, 2.05) is 97.1 Å². The van der Waals surface area contributed by atoms with E-state index in [1.165, 1.54) is 6.92 Å². The van der Waals surface area contributed by atoms with Crippen molar-refractivity contribution in [1.82, 2.24) is 26.3 Å². The molecule has 0 radical (unpaired) electrons. The van der Waals surface area contributed by atoms with Crippen molar-refractivity contribution < 1.29 is 24.0 Å². The van der Waals surface area contributed by atoms with Crippen molar-refractivity contribution in [3.63, 3.8) is 0 Å². The number of aliphatic imine (C=N–C) groups is 1. The summed E-state index contributed by atoms with van der Waals surface area (Å²) in [5, 5.41) is 14.0. The fourth-order valence-corrected chi connectivity index (χ4v) is 6.45. The first kappa shape index (κ1) is 39.5. The number of benzene rings is 4. The maximum Gasteiger partial charge on any atom is 0.243 e. The van der Waals surface area contributed by atoms with E-state index in [0.717, 1.165) is 38.4 Å². The topological polar surface area (TPSA) is 240 Å². The first-order valence-corrected chi connectivity index (χ1v) is 18.1. The lowest BCUT2D eigenvalue weighted by atomic mass is 9.99. The lowest BCUT2D eigenvalue weighted by Crippen LogP contribution is -2.59. The van der Waals surface area contributed by atoms with E-state index < -0.39 is 53.7 Å². The van der Waals surface area contributed by atoms with Gasteiger partial charge in [0, 0.05) is 49.8 Å². The second-order valence-corrected chi connectivity index (χ2v) is 13.4. The van der Waals surface area contributed by atoms with Crippen molar-refractivity contribution in [2.75, 3.05) is 6.54 Å². The predicted octanol–water partition coefficient (Wildman–Crippen LogP) is 1.85. The summed E-state index contributed by atoms with van der Waals surface area (Å²) in [4.78, 5) is 74.0. The first-order valence-electron chi connectivity index (χ1n) is 18.1. The van der Waals surface area contributed by atoms with Crippen LogP contribution < -0.4 is 38.5 Å². The monoisotopic (exact) mass is 745 g/mol. The van der Waals surface area contributed by atoms with Crippen molar-refractivity contribution in [3.8, 4) is 0 Å². The average Bonchev–Trinajstić information content (AvgIpc) is 3.57. The molecular weight excluding hydrogens is 699 g/mol. The zero-order valence-electron chi connectivity index (χ0n) is 30.6. The second-order valence-electron chi connectivity index (χ2n) is 13.4. The van der Waals surface area contributed by atoms with Crippen LogP contribution in [-0.2, 0) is 43.2 Å². The van der Waals surface area contributed by atoms with E-state index in [1.54, 1.807) is 6.20 Å². The number of rotatable bonds is 18. The Hall–Kier alpha value is -6.70. The van der Waals surface area contributed by atoms with E-state index in [4.69, 9.17) is 17.2 Å². The molecule has 0 aliphatic heterocycles. The molecule has 0 saturated heterocycles. The van der Waals surface area contributed by atoms with Gasteiger partial charge in [0.25, 0.3) is 0 Å². The molecular formula is C41H47N9O5. The molecule has 0 aliphatic rings. The number of guanidine groups is 1. The van der Waals surface area contributed by atoms with E-state index in [-0.39, 0.29) is 38.2 Å². The van der Waals surface area contributed by atoms with Gasteiger partial charge in [-0.1, -0.05) is 91.0 Å². The number of para-hydroxylation sites is 1. The van der Waals surface area contributed by atoms with Crippen LogP contribution in [0.4, 0.5) is 0 Å². The highest BCUT2D eigenvalue weighted by atomic mass is 16.2. The van der Waals surface area contributed by atoms with Gasteiger partial charge in [0.1, 0.15) is 24.2 Å². The third kappa shape index (κ3) is 11.4. The van der Waals surface area contributed by atoms with Crippen LogP contribution in [0.2, 0.25) is 0 Å². The van der Waals surface area contributed by atoms with Crippen LogP contribution in [0.25, 0.3) is 21.7 Å². The lowest BCUT2D eigenvalue weighted by Gasteiger charge is -2.26. The number of hydrogen-bond donors (Lipinski definition) is 8. The Kier molecular flexibility index (Phi) is 13.6. The zero-order valence-corrected chi connectivity index (χ0v) is 30.6. The second kappa shape index (κ2) is 18.9. The van der Waals surface area contributed by atoms with Gasteiger partial charge in [0.15, 0.2) is 5.96 Å². The summed E-state index contributed by atoms with van der Waals surface area (Å²) in [5.41, 5.74) is 20.0. The zero-order chi connectivity index (χ0) is 39.3. The number of carbonyl (C=O) groups is 5. The molecule has 5 aromatic rings. The van der Waals surface area contributed by atoms with Crippen molar-refractivity contribution in [2.45, 2.75) is 63.2 Å². The van der Waals surface area contributed by atoms with E-state index >= 15 is 0 Å². The van der Waals surface area contributed by atoms with Gasteiger partial charge in [-0.25, -0.2) is 0 Å². The van der Waals surface area contributed by atoms with Gasteiger partial charge < -0.3 is 43.5 Å². The van der Waals surface area contributed by atoms with Gasteiger partial charge in [0.2, 0.25) is 29.5 Å². The molecule has 14 heteroatoms. The SMILES string of the molecule is CC(=O)N[C@@H](Cc1ccc2ccccc2c1)C(=O)N[C@H](Cc1ccccc1)C(=O)N[C@@H](CCCN=C(N)N)C(=O)N[C@@H](Cc1c[nH]c2ccccc12)C(N)=O. The van der Waals surface area contributed by atoms with Crippen LogP contribution in [0.5, 0.6) is 0 Å². The highest BCUT2D eigenvalue weighted by Crippen LogP contribution is 2.20. The molecule has 0 unspecified atom stereocenters. The number of nitrogens with one attached hydrogen (secondary N) is 5. The van der Waals surface area contributed by atoms with Crippen molar-refractivity contribution in [2.24, 2.45) is 22.2 Å². The van der Waals surface area contributed by atoms with Gasteiger partial charge in [-0.3, -0.25) is 29.0 Å². The number of aromatic amines is 1. The van der Waals surface area contributed by atoms with Gasteiger partial charge in [0.05, 0.1) is 0 Å². The van der Waals surface area contributed by atoms with Crippen molar-refractivity contribution >= 4 is 57.2 Å². The lowest BCUT2D eigenvalue weighted by molar-refractivity contribution is -0.134. The summed E-state index contributed by atoms with van der Waals surface area (Å²) in [7, 11) is 0. The van der Waals surface area contributed by atoms with E-state index in [2.05, 4.69) is 31.2 Å². The number of primary amides is 1. The molecule has 5 rings (SSSR count). The highest BCUT2D eigenvalue weighted by molar-refractivity contribution is 5.96. The summed E-state index contributed by atoms with van der Waals surface area (Å²) in [6.07, 6.45) is 2.49. The molecule has 0 spiro atoms. The van der Waals surface area contributed by atoms with Crippen LogP contribution in [0.1, 0.15) is 36.5 Å². The molecule has 0 saturated carbocycles. The number of hydrogen-bond acceptors (Lipinski definition) is 6. The van der Waals surface area contributed by atoms with Gasteiger partial charge in [-0.2, -0.15) is 0 Å². The number of aromatic nitrogens is 1. The minimum Gasteiger partial charge on any atom is -0.370 e. The number of carbonyl (C=O) groups excluding carboxylic acids is 5. The Morgan fingerprint density at radius 1 is 0.636 bits per heavy atom. The van der Waals surface area contributed by atoms with Gasteiger partial charge >= 0.3 is 0 Å². The van der Waals surface area contributed by atoms with Gasteiger partial charge in [-0.05, 0) is 46.4 Å². The number of H-pyrrole nitrogens is 1. The summed E-state index contributed by atoms with van der Waals surface area (Å²) in [6, 6.07) is 25.8. The van der Waals surface area contributed by atoms with E-state index in [9.17, 15) is 24.0 Å². The van der Waals surface area contributed by atoms with Crippen LogP contribution in [0.3, 0.4) is 0 Å². The predicted molar refractivity (Wildman–Crippen MR) is 212 cm³/mol. The largest absolute Gasteiger partial charge is 0.370 e. The molecule has 286 valence electrons. The fraction of sp³-hybridized carbons (Fsp3) is 0.268. The van der Waals surface area contributed by atoms with Gasteiger partial charge in [-0.15, -0.1) is 0 Å². The Balaban J connectivity index is 1.37. The van der Waals surface area contributed by atoms with Crippen LogP contribution >= 0.6 is 0 Å². The summed E-state index contributed by atoms with van der Waals surface area (Å²) in [6.45, 7) is 1.49. The Morgan fingerprint density at radius 2 is 1.24 bits per heavy atom. The molecule has 5 amide bonds. The summed E-state index contributed by atoms with van der Waals surface area (Å²) in [5.74, 6) is -3.19. The highest BCUT2D eigenvalue weighted by Gasteiger charge is 2.31. The van der Waals surface area contributed by atoms with Crippen LogP contribution in [0.15, 0.2) is 108 Å². The van der Waals surface area contributed by atoms with Crippen molar-refractivity contribution in [1.29, 1.82) is 0 Å². The molecule has 55 heavy (non-hydrogen) atoms. The minimum absolute atomic E-state index is 0.0774. The molecule has 4 atom stereocenters. The normalized spacial score (nSPS) is 13.2. The third-order valence-corrected chi connectivity index (χ3v) is 9.20. The quantitative estimate of drug-likeness (QED) is 0.0376. The Labute approximate surface area is 318 Å². The molecule has 11 N–H and O–H groups in total. The Morgan fingerprint density at radius 3 is 1.95 bits per heavy atom. The molecule has 14 nitrogen and oxygen atoms in total. The summed E-state index contributed by atoms with van der Waals surface area (Å²) >= 11 is 0. The number of nitrogens with zero attached hydrogens (tertiary/aromatic N) is 1.